The number of thiophene rings is 1. The number of nitrogens with zero attached hydrogens (tertiary/aromatic N) is 2. The molecule has 3 rings (SSSR count). The zero-order valence-corrected chi connectivity index (χ0v) is 17.2. The summed E-state index contributed by atoms with van der Waals surface area (Å²) < 4.78 is 36.7. The van der Waals surface area contributed by atoms with Crippen molar-refractivity contribution in [2.24, 2.45) is 0 Å². The van der Waals surface area contributed by atoms with Crippen molar-refractivity contribution in [2.45, 2.75) is 32.0 Å². The maximum absolute atomic E-state index is 12.6. The van der Waals surface area contributed by atoms with Gasteiger partial charge >= 0.3 is 18.2 Å². The Hall–Kier alpha value is -2.34. The molecule has 0 saturated carbocycles. The summed E-state index contributed by atoms with van der Waals surface area (Å²) in [5.41, 5.74) is 0. The van der Waals surface area contributed by atoms with Crippen LogP contribution in [0.4, 0.5) is 18.0 Å². The summed E-state index contributed by atoms with van der Waals surface area (Å²) in [6.07, 6.45) is -3.03. The Bertz CT molecular complexity index is 742. The first-order valence-corrected chi connectivity index (χ1v) is 10.3. The number of ether oxygens (including phenoxy) is 1. The van der Waals surface area contributed by atoms with Gasteiger partial charge < -0.3 is 25.0 Å². The summed E-state index contributed by atoms with van der Waals surface area (Å²) in [7, 11) is 0. The van der Waals surface area contributed by atoms with Gasteiger partial charge in [0.1, 0.15) is 0 Å². The van der Waals surface area contributed by atoms with E-state index in [9.17, 15) is 22.8 Å². The second-order valence-electron chi connectivity index (χ2n) is 6.63. The van der Waals surface area contributed by atoms with Crippen molar-refractivity contribution in [1.82, 2.24) is 15.1 Å². The van der Waals surface area contributed by atoms with Crippen LogP contribution in [0.2, 0.25) is 0 Å². The van der Waals surface area contributed by atoms with Crippen molar-refractivity contribution in [2.75, 3.05) is 39.3 Å². The van der Waals surface area contributed by atoms with Gasteiger partial charge in [-0.2, -0.15) is 13.2 Å². The average Bonchev–Trinajstić information content (AvgIpc) is 3.39. The van der Waals surface area contributed by atoms with Gasteiger partial charge in [-0.05, 0) is 38.4 Å². The molecule has 2 N–H and O–H groups in total. The SMILES string of the molecule is CCOC(=O)N1CCN(C(=O)c2ccc(C3CCCN3)s2)CC1.O=C(O)C(F)(F)F. The Morgan fingerprint density at radius 1 is 1.20 bits per heavy atom. The van der Waals surface area contributed by atoms with Crippen molar-refractivity contribution in [3.8, 4) is 0 Å². The molecule has 1 atom stereocenters. The highest BCUT2D eigenvalue weighted by molar-refractivity contribution is 7.14. The number of amides is 2. The van der Waals surface area contributed by atoms with Crippen LogP contribution in [0.25, 0.3) is 0 Å². The molecule has 1 aromatic heterocycles. The van der Waals surface area contributed by atoms with Crippen LogP contribution < -0.4 is 5.32 Å². The molecule has 1 aromatic rings. The lowest BCUT2D eigenvalue weighted by Gasteiger charge is -2.33. The molecular formula is C18H24F3N3O5S. The molecule has 2 amide bonds. The first-order chi connectivity index (χ1) is 14.1. The number of carbonyl (C=O) groups is 3. The van der Waals surface area contributed by atoms with Crippen LogP contribution in [0.1, 0.15) is 40.4 Å². The number of hydrogen-bond donors (Lipinski definition) is 2. The Morgan fingerprint density at radius 2 is 1.80 bits per heavy atom. The van der Waals surface area contributed by atoms with E-state index in [1.165, 1.54) is 11.3 Å². The van der Waals surface area contributed by atoms with Crippen LogP contribution in [-0.2, 0) is 9.53 Å². The molecule has 30 heavy (non-hydrogen) atoms. The lowest BCUT2D eigenvalue weighted by molar-refractivity contribution is -0.192. The maximum atomic E-state index is 12.6. The van der Waals surface area contributed by atoms with Gasteiger partial charge in [-0.25, -0.2) is 9.59 Å². The molecule has 8 nitrogen and oxygen atoms in total. The minimum absolute atomic E-state index is 0.0720. The Labute approximate surface area is 175 Å². The van der Waals surface area contributed by atoms with Crippen molar-refractivity contribution in [1.29, 1.82) is 0 Å². The van der Waals surface area contributed by atoms with Crippen molar-refractivity contribution in [3.63, 3.8) is 0 Å². The molecule has 1 unspecified atom stereocenters. The van der Waals surface area contributed by atoms with E-state index < -0.39 is 12.1 Å². The van der Waals surface area contributed by atoms with E-state index in [-0.39, 0.29) is 12.0 Å². The fourth-order valence-corrected chi connectivity index (χ4v) is 4.13. The number of hydrogen-bond acceptors (Lipinski definition) is 6. The number of piperazine rings is 1. The number of rotatable bonds is 3. The molecule has 0 aliphatic carbocycles. The normalized spacial score (nSPS) is 19.1. The van der Waals surface area contributed by atoms with Gasteiger partial charge in [0.15, 0.2) is 0 Å². The number of alkyl halides is 3. The predicted octanol–water partition coefficient (Wildman–Crippen LogP) is 2.72. The fraction of sp³-hybridized carbons (Fsp3) is 0.611. The molecule has 2 saturated heterocycles. The van der Waals surface area contributed by atoms with Crippen LogP contribution in [0.15, 0.2) is 12.1 Å². The Balaban J connectivity index is 0.000000396. The van der Waals surface area contributed by atoms with Gasteiger partial charge in [0, 0.05) is 37.1 Å². The second-order valence-corrected chi connectivity index (χ2v) is 7.75. The molecular weight excluding hydrogens is 427 g/mol. The number of carbonyl (C=O) groups excluding carboxylic acids is 2. The number of nitrogens with one attached hydrogen (secondary N) is 1. The van der Waals surface area contributed by atoms with Crippen molar-refractivity contribution < 1.29 is 37.4 Å². The summed E-state index contributed by atoms with van der Waals surface area (Å²) in [5, 5.41) is 10.6. The van der Waals surface area contributed by atoms with E-state index >= 15 is 0 Å². The average molecular weight is 451 g/mol. The van der Waals surface area contributed by atoms with Crippen molar-refractivity contribution in [3.05, 3.63) is 21.9 Å². The lowest BCUT2D eigenvalue weighted by atomic mass is 10.2. The highest BCUT2D eigenvalue weighted by Crippen LogP contribution is 2.30. The quantitative estimate of drug-likeness (QED) is 0.733. The summed E-state index contributed by atoms with van der Waals surface area (Å²) in [6, 6.07) is 4.40. The second kappa shape index (κ2) is 10.6. The molecule has 2 fully saturated rings. The minimum atomic E-state index is -5.08. The zero-order chi connectivity index (χ0) is 22.3. The fourth-order valence-electron chi connectivity index (χ4n) is 3.05. The van der Waals surface area contributed by atoms with E-state index in [0.717, 1.165) is 17.8 Å². The highest BCUT2D eigenvalue weighted by atomic mass is 32.1. The highest BCUT2D eigenvalue weighted by Gasteiger charge is 2.38. The van der Waals surface area contributed by atoms with Gasteiger partial charge in [0.05, 0.1) is 11.5 Å². The number of halogens is 3. The third-order valence-corrected chi connectivity index (χ3v) is 5.76. The molecule has 0 radical (unpaired) electrons. The van der Waals surface area contributed by atoms with Gasteiger partial charge in [-0.15, -0.1) is 11.3 Å². The number of carboxylic acid groups (broad SMARTS) is 1. The minimum Gasteiger partial charge on any atom is -0.475 e. The summed E-state index contributed by atoms with van der Waals surface area (Å²) in [6.45, 7) is 5.43. The van der Waals surface area contributed by atoms with Gasteiger partial charge in [0.2, 0.25) is 0 Å². The maximum Gasteiger partial charge on any atom is 0.490 e. The molecule has 0 bridgehead atoms. The van der Waals surface area contributed by atoms with Gasteiger partial charge in [-0.1, -0.05) is 0 Å². The first kappa shape index (κ1) is 23.9. The monoisotopic (exact) mass is 451 g/mol. The van der Waals surface area contributed by atoms with E-state index in [2.05, 4.69) is 11.4 Å². The molecule has 3 heterocycles. The summed E-state index contributed by atoms with van der Waals surface area (Å²) in [5.74, 6) is -2.68. The topological polar surface area (TPSA) is 99.2 Å². The first-order valence-electron chi connectivity index (χ1n) is 9.47. The van der Waals surface area contributed by atoms with E-state index in [4.69, 9.17) is 14.6 Å². The molecule has 2 aliphatic heterocycles. The van der Waals surface area contributed by atoms with Crippen LogP contribution in [0, 0.1) is 0 Å². The van der Waals surface area contributed by atoms with Gasteiger partial charge in [0.25, 0.3) is 5.91 Å². The Kier molecular flexibility index (Phi) is 8.47. The molecule has 12 heteroatoms. The van der Waals surface area contributed by atoms with Crippen LogP contribution in [0.5, 0.6) is 0 Å². The molecule has 168 valence electrons. The van der Waals surface area contributed by atoms with Crippen LogP contribution in [0.3, 0.4) is 0 Å². The van der Waals surface area contributed by atoms with E-state index in [0.29, 0.717) is 38.8 Å². The molecule has 0 spiro atoms. The summed E-state index contributed by atoms with van der Waals surface area (Å²) >= 11 is 1.59. The third kappa shape index (κ3) is 6.59. The Morgan fingerprint density at radius 3 is 2.30 bits per heavy atom. The smallest absolute Gasteiger partial charge is 0.475 e. The summed E-state index contributed by atoms with van der Waals surface area (Å²) in [4.78, 5) is 38.7. The van der Waals surface area contributed by atoms with E-state index in [1.54, 1.807) is 23.2 Å². The van der Waals surface area contributed by atoms with Crippen LogP contribution >= 0.6 is 11.3 Å². The third-order valence-electron chi connectivity index (χ3n) is 4.58. The lowest BCUT2D eigenvalue weighted by Crippen LogP contribution is -2.50. The largest absolute Gasteiger partial charge is 0.490 e. The zero-order valence-electron chi connectivity index (χ0n) is 16.4. The van der Waals surface area contributed by atoms with Crippen LogP contribution in [-0.4, -0.2) is 78.4 Å². The van der Waals surface area contributed by atoms with Crippen molar-refractivity contribution >= 4 is 29.3 Å². The molecule has 2 aliphatic rings. The predicted molar refractivity (Wildman–Crippen MR) is 102 cm³/mol. The number of aliphatic carboxylic acids is 1. The molecule has 0 aromatic carbocycles. The number of carboxylic acids is 1. The van der Waals surface area contributed by atoms with Gasteiger partial charge in [-0.3, -0.25) is 4.79 Å². The van der Waals surface area contributed by atoms with E-state index in [1.807, 2.05) is 11.0 Å². The standard InChI is InChI=1S/C16H23N3O3S.C2HF3O2/c1-2-22-16(21)19-10-8-18(9-11-19)15(20)14-6-5-13(23-14)12-4-3-7-17-12;3-2(4,5)1(6)7/h5-6,12,17H,2-4,7-11H2,1H3;(H,6,7).